The summed E-state index contributed by atoms with van der Waals surface area (Å²) >= 11 is 1.25. The quantitative estimate of drug-likeness (QED) is 0.627. The largest absolute Gasteiger partial charge is 0.355 e. The molecule has 0 fully saturated rings. The Hall–Kier alpha value is -1.82. The van der Waals surface area contributed by atoms with Gasteiger partial charge in [-0.15, -0.1) is 0 Å². The van der Waals surface area contributed by atoms with Crippen LogP contribution >= 0.6 is 11.8 Å². The fourth-order valence-electron chi connectivity index (χ4n) is 1.56. The van der Waals surface area contributed by atoms with Crippen LogP contribution in [-0.4, -0.2) is 28.3 Å². The van der Waals surface area contributed by atoms with Gasteiger partial charge in [0.15, 0.2) is 0 Å². The first-order valence-corrected chi connectivity index (χ1v) is 7.56. The molecule has 2 rings (SSSR count). The van der Waals surface area contributed by atoms with Crippen LogP contribution < -0.4 is 5.32 Å². The predicted molar refractivity (Wildman–Crippen MR) is 78.4 cm³/mol. The van der Waals surface area contributed by atoms with Gasteiger partial charge in [-0.1, -0.05) is 60.6 Å². The monoisotopic (exact) mass is 291 g/mol. The van der Waals surface area contributed by atoms with E-state index >= 15 is 0 Å². The molecule has 5 nitrogen and oxygen atoms in total. The minimum atomic E-state index is -0.0112. The van der Waals surface area contributed by atoms with Crippen molar-refractivity contribution < 1.29 is 9.32 Å². The van der Waals surface area contributed by atoms with Gasteiger partial charge in [0.25, 0.3) is 5.22 Å². The maximum atomic E-state index is 11.5. The molecule has 1 N–H and O–H groups in total. The maximum Gasteiger partial charge on any atom is 0.286 e. The number of hydrogen-bond acceptors (Lipinski definition) is 5. The van der Waals surface area contributed by atoms with Crippen molar-refractivity contribution in [2.75, 3.05) is 12.3 Å². The number of rotatable bonds is 7. The zero-order valence-electron chi connectivity index (χ0n) is 11.3. The molecule has 0 bridgehead atoms. The van der Waals surface area contributed by atoms with Crippen molar-refractivity contribution in [3.05, 3.63) is 30.3 Å². The number of carbonyl (C=O) groups is 1. The second-order valence-electron chi connectivity index (χ2n) is 4.24. The molecule has 1 aromatic heterocycles. The number of nitrogens with one attached hydrogen (secondary N) is 1. The number of hydrogen-bond donors (Lipinski definition) is 1. The zero-order chi connectivity index (χ0) is 14.2. The fourth-order valence-corrected chi connectivity index (χ4v) is 2.15. The Morgan fingerprint density at radius 2 is 2.15 bits per heavy atom. The van der Waals surface area contributed by atoms with E-state index in [2.05, 4.69) is 22.4 Å². The van der Waals surface area contributed by atoms with Crippen LogP contribution in [0.3, 0.4) is 0 Å². The van der Waals surface area contributed by atoms with Gasteiger partial charge >= 0.3 is 0 Å². The summed E-state index contributed by atoms with van der Waals surface area (Å²) in [6, 6.07) is 9.59. The van der Waals surface area contributed by atoms with Crippen LogP contribution in [0, 0.1) is 0 Å². The SMILES string of the molecule is CCCCNC(=O)CSc1nc(-c2ccccc2)no1. The molecule has 2 aromatic rings. The van der Waals surface area contributed by atoms with Crippen molar-refractivity contribution in [2.24, 2.45) is 0 Å². The van der Waals surface area contributed by atoms with E-state index in [0.29, 0.717) is 16.8 Å². The van der Waals surface area contributed by atoms with Crippen molar-refractivity contribution in [3.63, 3.8) is 0 Å². The lowest BCUT2D eigenvalue weighted by atomic mass is 10.2. The summed E-state index contributed by atoms with van der Waals surface area (Å²) < 4.78 is 5.12. The van der Waals surface area contributed by atoms with E-state index in [4.69, 9.17) is 4.52 Å². The smallest absolute Gasteiger partial charge is 0.286 e. The van der Waals surface area contributed by atoms with E-state index in [1.165, 1.54) is 11.8 Å². The molecule has 20 heavy (non-hydrogen) atoms. The van der Waals surface area contributed by atoms with E-state index < -0.39 is 0 Å². The number of benzene rings is 1. The second-order valence-corrected chi connectivity index (χ2v) is 5.17. The van der Waals surface area contributed by atoms with Gasteiger partial charge in [0.2, 0.25) is 11.7 Å². The van der Waals surface area contributed by atoms with Crippen molar-refractivity contribution in [2.45, 2.75) is 25.0 Å². The summed E-state index contributed by atoms with van der Waals surface area (Å²) in [7, 11) is 0. The zero-order valence-corrected chi connectivity index (χ0v) is 12.2. The second kappa shape index (κ2) is 7.69. The maximum absolute atomic E-state index is 11.5. The summed E-state index contributed by atoms with van der Waals surface area (Å²) in [5.41, 5.74) is 0.899. The fraction of sp³-hybridized carbons (Fsp3) is 0.357. The van der Waals surface area contributed by atoms with Gasteiger partial charge < -0.3 is 9.84 Å². The van der Waals surface area contributed by atoms with Crippen LogP contribution in [0.4, 0.5) is 0 Å². The first-order valence-electron chi connectivity index (χ1n) is 6.58. The summed E-state index contributed by atoms with van der Waals surface area (Å²) in [6.07, 6.45) is 2.06. The molecular weight excluding hydrogens is 274 g/mol. The van der Waals surface area contributed by atoms with Crippen LogP contribution in [0.25, 0.3) is 11.4 Å². The molecule has 6 heteroatoms. The van der Waals surface area contributed by atoms with Crippen LogP contribution in [0.1, 0.15) is 19.8 Å². The standard InChI is InChI=1S/C14H17N3O2S/c1-2-3-9-15-12(18)10-20-14-16-13(17-19-14)11-7-5-4-6-8-11/h4-8H,2-3,9-10H2,1H3,(H,15,18). The number of carbonyl (C=O) groups excluding carboxylic acids is 1. The van der Waals surface area contributed by atoms with Crippen molar-refractivity contribution >= 4 is 17.7 Å². The Morgan fingerprint density at radius 3 is 2.90 bits per heavy atom. The molecule has 0 saturated heterocycles. The summed E-state index contributed by atoms with van der Waals surface area (Å²) in [6.45, 7) is 2.81. The number of thioether (sulfide) groups is 1. The van der Waals surface area contributed by atoms with E-state index in [1.54, 1.807) is 0 Å². The highest BCUT2D eigenvalue weighted by Gasteiger charge is 2.10. The molecule has 0 aliphatic carbocycles. The van der Waals surface area contributed by atoms with Crippen LogP contribution in [0.5, 0.6) is 0 Å². The van der Waals surface area contributed by atoms with E-state index in [9.17, 15) is 4.79 Å². The predicted octanol–water partition coefficient (Wildman–Crippen LogP) is 2.75. The third kappa shape index (κ3) is 4.38. The summed E-state index contributed by atoms with van der Waals surface area (Å²) in [5, 5.41) is 7.16. The van der Waals surface area contributed by atoms with Crippen LogP contribution in [0.15, 0.2) is 40.1 Å². The minimum absolute atomic E-state index is 0.0112. The molecule has 0 saturated carbocycles. The average Bonchev–Trinajstić information content (AvgIpc) is 2.95. The van der Waals surface area contributed by atoms with Crippen LogP contribution in [0.2, 0.25) is 0 Å². The van der Waals surface area contributed by atoms with Gasteiger partial charge in [-0.2, -0.15) is 4.98 Å². The number of nitrogens with zero attached hydrogens (tertiary/aromatic N) is 2. The Labute approximate surface area is 122 Å². The van der Waals surface area contributed by atoms with Gasteiger partial charge in [-0.25, -0.2) is 0 Å². The van der Waals surface area contributed by atoms with Gasteiger partial charge in [-0.3, -0.25) is 4.79 Å². The Kier molecular flexibility index (Phi) is 5.61. The highest BCUT2D eigenvalue weighted by Crippen LogP contribution is 2.20. The van der Waals surface area contributed by atoms with Gasteiger partial charge in [0.1, 0.15) is 0 Å². The van der Waals surface area contributed by atoms with Crippen molar-refractivity contribution in [1.29, 1.82) is 0 Å². The third-order valence-corrected chi connectivity index (χ3v) is 3.44. The molecular formula is C14H17N3O2S. The lowest BCUT2D eigenvalue weighted by molar-refractivity contribution is -0.118. The molecule has 0 unspecified atom stereocenters. The lowest BCUT2D eigenvalue weighted by Crippen LogP contribution is -2.25. The lowest BCUT2D eigenvalue weighted by Gasteiger charge is -2.01. The number of amides is 1. The number of aromatic nitrogens is 2. The minimum Gasteiger partial charge on any atom is -0.355 e. The van der Waals surface area contributed by atoms with Crippen molar-refractivity contribution in [3.8, 4) is 11.4 Å². The first-order chi connectivity index (χ1) is 9.79. The van der Waals surface area contributed by atoms with E-state index in [0.717, 1.165) is 24.9 Å². The molecule has 1 heterocycles. The summed E-state index contributed by atoms with van der Waals surface area (Å²) in [4.78, 5) is 15.8. The molecule has 0 spiro atoms. The topological polar surface area (TPSA) is 68.0 Å². The molecule has 0 radical (unpaired) electrons. The van der Waals surface area contributed by atoms with E-state index in [1.807, 2.05) is 30.3 Å². The molecule has 0 aliphatic heterocycles. The third-order valence-electron chi connectivity index (χ3n) is 2.62. The van der Waals surface area contributed by atoms with Gasteiger partial charge in [-0.05, 0) is 6.42 Å². The highest BCUT2D eigenvalue weighted by atomic mass is 32.2. The number of unbranched alkanes of at least 4 members (excludes halogenated alkanes) is 1. The Bertz CT molecular complexity index is 542. The van der Waals surface area contributed by atoms with E-state index in [-0.39, 0.29) is 5.91 Å². The molecule has 0 aliphatic rings. The summed E-state index contributed by atoms with van der Waals surface area (Å²) in [5.74, 6) is 0.822. The first kappa shape index (κ1) is 14.6. The normalized spacial score (nSPS) is 10.4. The Balaban J connectivity index is 1.83. The molecule has 106 valence electrons. The van der Waals surface area contributed by atoms with Gasteiger partial charge in [0, 0.05) is 12.1 Å². The molecule has 1 aromatic carbocycles. The highest BCUT2D eigenvalue weighted by molar-refractivity contribution is 7.99. The van der Waals surface area contributed by atoms with Gasteiger partial charge in [0.05, 0.1) is 5.75 Å². The Morgan fingerprint density at radius 1 is 1.35 bits per heavy atom. The average molecular weight is 291 g/mol. The van der Waals surface area contributed by atoms with Crippen LogP contribution in [-0.2, 0) is 4.79 Å². The molecule has 1 amide bonds. The molecule has 0 atom stereocenters. The van der Waals surface area contributed by atoms with Crippen molar-refractivity contribution in [1.82, 2.24) is 15.5 Å².